The predicted octanol–water partition coefficient (Wildman–Crippen LogP) is 1.62. The summed E-state index contributed by atoms with van der Waals surface area (Å²) >= 11 is 0. The van der Waals surface area contributed by atoms with E-state index in [2.05, 4.69) is 40.5 Å². The number of hydrogen-bond donors (Lipinski definition) is 1. The third kappa shape index (κ3) is 2.06. The molecule has 1 aromatic carbocycles. The van der Waals surface area contributed by atoms with E-state index < -0.39 is 0 Å². The summed E-state index contributed by atoms with van der Waals surface area (Å²) in [6, 6.07) is 12.3. The van der Waals surface area contributed by atoms with Crippen molar-refractivity contribution in [3.63, 3.8) is 0 Å². The molecule has 2 nitrogen and oxygen atoms in total. The van der Waals surface area contributed by atoms with Gasteiger partial charge < -0.3 is 5.32 Å². The van der Waals surface area contributed by atoms with Gasteiger partial charge in [0.2, 0.25) is 0 Å². The van der Waals surface area contributed by atoms with Crippen LogP contribution in [0.1, 0.15) is 18.4 Å². The highest BCUT2D eigenvalue weighted by atomic mass is 15.2. The second-order valence-corrected chi connectivity index (χ2v) is 4.82. The fourth-order valence-electron chi connectivity index (χ4n) is 2.86. The van der Waals surface area contributed by atoms with Crippen LogP contribution < -0.4 is 5.32 Å². The molecule has 2 saturated heterocycles. The summed E-state index contributed by atoms with van der Waals surface area (Å²) in [4.78, 5) is 2.59. The Morgan fingerprint density at radius 1 is 1.07 bits per heavy atom. The molecule has 2 aliphatic rings. The van der Waals surface area contributed by atoms with Crippen LogP contribution in [0, 0.1) is 0 Å². The van der Waals surface area contributed by atoms with Crippen molar-refractivity contribution in [1.29, 1.82) is 0 Å². The van der Waals surface area contributed by atoms with Crippen molar-refractivity contribution in [3.05, 3.63) is 35.9 Å². The molecule has 2 fully saturated rings. The van der Waals surface area contributed by atoms with Crippen molar-refractivity contribution in [2.75, 3.05) is 13.1 Å². The molecule has 3 rings (SSSR count). The standard InChI is InChI=1S/C13H18N2/c1-2-4-11(5-3-1)8-15-9-12-6-7-13(10-15)14-12/h1-5,12-14H,6-10H2/t12-,13?/m0/s1. The molecule has 0 aliphatic carbocycles. The van der Waals surface area contributed by atoms with Gasteiger partial charge in [-0.05, 0) is 18.4 Å². The Morgan fingerprint density at radius 2 is 1.73 bits per heavy atom. The number of rotatable bonds is 2. The maximum absolute atomic E-state index is 3.66. The number of piperazine rings is 1. The van der Waals surface area contributed by atoms with Gasteiger partial charge in [-0.1, -0.05) is 30.3 Å². The zero-order chi connectivity index (χ0) is 10.1. The van der Waals surface area contributed by atoms with Crippen molar-refractivity contribution < 1.29 is 0 Å². The molecule has 1 aromatic rings. The van der Waals surface area contributed by atoms with Crippen molar-refractivity contribution in [2.45, 2.75) is 31.5 Å². The average molecular weight is 202 g/mol. The minimum atomic E-state index is 0.757. The SMILES string of the molecule is c1ccc(CN2CC3CC[C@@H](C2)N3)cc1. The highest BCUT2D eigenvalue weighted by Crippen LogP contribution is 2.21. The van der Waals surface area contributed by atoms with E-state index in [0.29, 0.717) is 0 Å². The van der Waals surface area contributed by atoms with Gasteiger partial charge >= 0.3 is 0 Å². The van der Waals surface area contributed by atoms with Gasteiger partial charge in [0.15, 0.2) is 0 Å². The maximum atomic E-state index is 3.66. The molecule has 0 aromatic heterocycles. The quantitative estimate of drug-likeness (QED) is 0.784. The lowest BCUT2D eigenvalue weighted by molar-refractivity contribution is 0.189. The Balaban J connectivity index is 1.65. The fraction of sp³-hybridized carbons (Fsp3) is 0.538. The van der Waals surface area contributed by atoms with E-state index in [0.717, 1.165) is 18.6 Å². The summed E-state index contributed by atoms with van der Waals surface area (Å²) in [7, 11) is 0. The van der Waals surface area contributed by atoms with Gasteiger partial charge in [-0.3, -0.25) is 4.90 Å². The van der Waals surface area contributed by atoms with Crippen molar-refractivity contribution in [1.82, 2.24) is 10.2 Å². The molecule has 2 atom stereocenters. The van der Waals surface area contributed by atoms with E-state index in [4.69, 9.17) is 0 Å². The Bertz CT molecular complexity index is 311. The monoisotopic (exact) mass is 202 g/mol. The molecule has 1 unspecified atom stereocenters. The molecule has 0 amide bonds. The summed E-state index contributed by atoms with van der Waals surface area (Å²) in [5.41, 5.74) is 1.44. The van der Waals surface area contributed by atoms with Crippen LogP contribution in [0.2, 0.25) is 0 Å². The van der Waals surface area contributed by atoms with E-state index in [1.807, 2.05) is 0 Å². The van der Waals surface area contributed by atoms with Crippen molar-refractivity contribution in [3.8, 4) is 0 Å². The molecule has 80 valence electrons. The molecular weight excluding hydrogens is 184 g/mol. The van der Waals surface area contributed by atoms with Crippen LogP contribution in [0.3, 0.4) is 0 Å². The number of likely N-dealkylation sites (tertiary alicyclic amines) is 1. The van der Waals surface area contributed by atoms with E-state index in [1.165, 1.54) is 31.5 Å². The molecular formula is C13H18N2. The number of benzene rings is 1. The molecule has 0 radical (unpaired) electrons. The second kappa shape index (κ2) is 3.95. The molecule has 2 heterocycles. The van der Waals surface area contributed by atoms with Crippen LogP contribution in [0.15, 0.2) is 30.3 Å². The first-order valence-electron chi connectivity index (χ1n) is 5.92. The van der Waals surface area contributed by atoms with E-state index in [1.54, 1.807) is 0 Å². The third-order valence-corrected chi connectivity index (χ3v) is 3.54. The summed E-state index contributed by atoms with van der Waals surface area (Å²) < 4.78 is 0. The van der Waals surface area contributed by atoms with Gasteiger partial charge in [-0.2, -0.15) is 0 Å². The summed E-state index contributed by atoms with van der Waals surface area (Å²) in [6.07, 6.45) is 2.74. The summed E-state index contributed by atoms with van der Waals surface area (Å²) in [6.45, 7) is 3.58. The Morgan fingerprint density at radius 3 is 2.40 bits per heavy atom. The van der Waals surface area contributed by atoms with E-state index in [-0.39, 0.29) is 0 Å². The van der Waals surface area contributed by atoms with Gasteiger partial charge in [-0.25, -0.2) is 0 Å². The average Bonchev–Trinajstić information content (AvgIpc) is 2.60. The Kier molecular flexibility index (Phi) is 2.47. The molecule has 15 heavy (non-hydrogen) atoms. The lowest BCUT2D eigenvalue weighted by atomic mass is 10.1. The van der Waals surface area contributed by atoms with Crippen molar-refractivity contribution in [2.24, 2.45) is 0 Å². The van der Waals surface area contributed by atoms with Gasteiger partial charge in [-0.15, -0.1) is 0 Å². The topological polar surface area (TPSA) is 15.3 Å². The molecule has 2 bridgehead atoms. The molecule has 2 aliphatic heterocycles. The van der Waals surface area contributed by atoms with Crippen LogP contribution in [-0.2, 0) is 6.54 Å². The van der Waals surface area contributed by atoms with Gasteiger partial charge in [0.1, 0.15) is 0 Å². The predicted molar refractivity (Wildman–Crippen MR) is 61.7 cm³/mol. The zero-order valence-corrected chi connectivity index (χ0v) is 9.02. The maximum Gasteiger partial charge on any atom is 0.0235 e. The second-order valence-electron chi connectivity index (χ2n) is 4.82. The largest absolute Gasteiger partial charge is 0.309 e. The van der Waals surface area contributed by atoms with Crippen LogP contribution in [0.25, 0.3) is 0 Å². The van der Waals surface area contributed by atoms with Gasteiger partial charge in [0, 0.05) is 31.7 Å². The minimum absolute atomic E-state index is 0.757. The van der Waals surface area contributed by atoms with Gasteiger partial charge in [0.25, 0.3) is 0 Å². The molecule has 2 heteroatoms. The number of fused-ring (bicyclic) bond motifs is 2. The third-order valence-electron chi connectivity index (χ3n) is 3.54. The van der Waals surface area contributed by atoms with Crippen LogP contribution >= 0.6 is 0 Å². The summed E-state index contributed by atoms with van der Waals surface area (Å²) in [5, 5.41) is 3.66. The minimum Gasteiger partial charge on any atom is -0.309 e. The lowest BCUT2D eigenvalue weighted by Crippen LogP contribution is -2.50. The number of hydrogen-bond acceptors (Lipinski definition) is 2. The normalized spacial score (nSPS) is 30.7. The fourth-order valence-corrected chi connectivity index (χ4v) is 2.86. The highest BCUT2D eigenvalue weighted by molar-refractivity contribution is 5.14. The first-order valence-corrected chi connectivity index (χ1v) is 5.92. The molecule has 0 spiro atoms. The first-order chi connectivity index (χ1) is 7.40. The number of nitrogens with zero attached hydrogens (tertiary/aromatic N) is 1. The Hall–Kier alpha value is -0.860. The lowest BCUT2D eigenvalue weighted by Gasteiger charge is -2.32. The van der Waals surface area contributed by atoms with Crippen molar-refractivity contribution >= 4 is 0 Å². The van der Waals surface area contributed by atoms with E-state index in [9.17, 15) is 0 Å². The van der Waals surface area contributed by atoms with Crippen LogP contribution in [0.5, 0.6) is 0 Å². The first kappa shape index (κ1) is 9.37. The van der Waals surface area contributed by atoms with Crippen LogP contribution in [0.4, 0.5) is 0 Å². The number of nitrogens with one attached hydrogen (secondary N) is 1. The van der Waals surface area contributed by atoms with Gasteiger partial charge in [0.05, 0.1) is 0 Å². The summed E-state index contributed by atoms with van der Waals surface area (Å²) in [5.74, 6) is 0. The highest BCUT2D eigenvalue weighted by Gasteiger charge is 2.31. The Labute approximate surface area is 91.3 Å². The smallest absolute Gasteiger partial charge is 0.0235 e. The van der Waals surface area contributed by atoms with Crippen LogP contribution in [-0.4, -0.2) is 30.1 Å². The molecule has 1 N–H and O–H groups in total. The van der Waals surface area contributed by atoms with E-state index >= 15 is 0 Å². The zero-order valence-electron chi connectivity index (χ0n) is 9.02. The molecule has 0 saturated carbocycles.